The molecule has 0 saturated heterocycles. The van der Waals surface area contributed by atoms with Gasteiger partial charge in [0, 0.05) is 0 Å². The molecule has 0 aliphatic heterocycles. The Bertz CT molecular complexity index is 549. The highest BCUT2D eigenvalue weighted by Crippen LogP contribution is 2.20. The fraction of sp³-hybridized carbons (Fsp3) is 0.222. The zero-order chi connectivity index (χ0) is 15.2. The zero-order valence-electron chi connectivity index (χ0n) is 12.2. The predicted molar refractivity (Wildman–Crippen MR) is 80.8 cm³/mol. The second kappa shape index (κ2) is 6.84. The second-order valence-corrected chi connectivity index (χ2v) is 5.00. The lowest BCUT2D eigenvalue weighted by atomic mass is 10.0. The Morgan fingerprint density at radius 1 is 0.714 bits per heavy atom. The molecule has 21 heavy (non-hydrogen) atoms. The van der Waals surface area contributed by atoms with Crippen LogP contribution in [0.5, 0.6) is 0 Å². The van der Waals surface area contributed by atoms with Crippen molar-refractivity contribution in [2.45, 2.75) is 25.7 Å². The molecule has 2 aromatic carbocycles. The van der Waals surface area contributed by atoms with Crippen LogP contribution < -0.4 is 0 Å². The summed E-state index contributed by atoms with van der Waals surface area (Å²) in [4.78, 5) is 24.1. The SMILES string of the molecule is CC(C(=O)OC(=O)C(C)c1ccccc1)c1ccccc1. The molecular formula is C18H18O3. The number of hydrogen-bond donors (Lipinski definition) is 0. The number of esters is 2. The average Bonchev–Trinajstić information content (AvgIpc) is 2.55. The summed E-state index contributed by atoms with van der Waals surface area (Å²) in [5, 5.41) is 0. The lowest BCUT2D eigenvalue weighted by Crippen LogP contribution is -2.21. The first kappa shape index (κ1) is 15.0. The van der Waals surface area contributed by atoms with E-state index < -0.39 is 23.8 Å². The molecule has 0 aromatic heterocycles. The Balaban J connectivity index is 2.01. The minimum Gasteiger partial charge on any atom is -0.392 e. The summed E-state index contributed by atoms with van der Waals surface area (Å²) in [6, 6.07) is 18.6. The van der Waals surface area contributed by atoms with Gasteiger partial charge in [-0.05, 0) is 25.0 Å². The number of benzene rings is 2. The van der Waals surface area contributed by atoms with Crippen LogP contribution in [0, 0.1) is 0 Å². The van der Waals surface area contributed by atoms with Gasteiger partial charge in [-0.1, -0.05) is 60.7 Å². The minimum absolute atomic E-state index is 0.460. The Labute approximate surface area is 124 Å². The Morgan fingerprint density at radius 3 is 1.38 bits per heavy atom. The standard InChI is InChI=1S/C18H18O3/c1-13(15-9-5-3-6-10-15)17(19)21-18(20)14(2)16-11-7-4-8-12-16/h3-14H,1-2H3. The molecule has 0 aliphatic rings. The number of carbonyl (C=O) groups is 2. The molecule has 0 spiro atoms. The van der Waals surface area contributed by atoms with E-state index in [1.165, 1.54) is 0 Å². The highest BCUT2D eigenvalue weighted by Gasteiger charge is 2.24. The van der Waals surface area contributed by atoms with E-state index in [1.54, 1.807) is 13.8 Å². The van der Waals surface area contributed by atoms with Gasteiger partial charge >= 0.3 is 11.9 Å². The Hall–Kier alpha value is -2.42. The molecule has 3 nitrogen and oxygen atoms in total. The highest BCUT2D eigenvalue weighted by atomic mass is 16.6. The van der Waals surface area contributed by atoms with E-state index in [0.29, 0.717) is 0 Å². The summed E-state index contributed by atoms with van der Waals surface area (Å²) in [5.74, 6) is -1.96. The molecule has 3 heteroatoms. The van der Waals surface area contributed by atoms with Crippen LogP contribution in [0.15, 0.2) is 60.7 Å². The number of ether oxygens (including phenoxy) is 1. The first-order valence-corrected chi connectivity index (χ1v) is 6.95. The van der Waals surface area contributed by atoms with Gasteiger partial charge in [-0.2, -0.15) is 0 Å². The van der Waals surface area contributed by atoms with E-state index >= 15 is 0 Å². The maximum Gasteiger partial charge on any atom is 0.320 e. The van der Waals surface area contributed by atoms with Crippen LogP contribution in [0.4, 0.5) is 0 Å². The van der Waals surface area contributed by atoms with Crippen LogP contribution in [0.2, 0.25) is 0 Å². The summed E-state index contributed by atoms with van der Waals surface area (Å²) in [6.07, 6.45) is 0. The highest BCUT2D eigenvalue weighted by molar-refractivity contribution is 5.91. The quantitative estimate of drug-likeness (QED) is 0.635. The first-order chi connectivity index (χ1) is 10.1. The average molecular weight is 282 g/mol. The molecule has 2 atom stereocenters. The van der Waals surface area contributed by atoms with Gasteiger partial charge in [0.1, 0.15) is 0 Å². The number of carbonyl (C=O) groups excluding carboxylic acids is 2. The fourth-order valence-corrected chi connectivity index (χ4v) is 2.03. The third-order valence-corrected chi connectivity index (χ3v) is 3.51. The molecule has 2 unspecified atom stereocenters. The van der Waals surface area contributed by atoms with Crippen LogP contribution in [0.25, 0.3) is 0 Å². The molecular weight excluding hydrogens is 264 g/mol. The van der Waals surface area contributed by atoms with Crippen molar-refractivity contribution >= 4 is 11.9 Å². The van der Waals surface area contributed by atoms with E-state index in [4.69, 9.17) is 4.74 Å². The fourth-order valence-electron chi connectivity index (χ4n) is 2.03. The molecule has 0 N–H and O–H groups in total. The van der Waals surface area contributed by atoms with Gasteiger partial charge in [0.15, 0.2) is 0 Å². The van der Waals surface area contributed by atoms with E-state index in [0.717, 1.165) is 11.1 Å². The maximum absolute atomic E-state index is 12.0. The van der Waals surface area contributed by atoms with Crippen molar-refractivity contribution in [3.63, 3.8) is 0 Å². The molecule has 0 heterocycles. The lowest BCUT2D eigenvalue weighted by molar-refractivity contribution is -0.161. The molecule has 0 aliphatic carbocycles. The minimum atomic E-state index is -0.519. The van der Waals surface area contributed by atoms with Gasteiger partial charge in [0.25, 0.3) is 0 Å². The van der Waals surface area contributed by atoms with E-state index in [9.17, 15) is 9.59 Å². The number of hydrogen-bond acceptors (Lipinski definition) is 3. The van der Waals surface area contributed by atoms with Crippen molar-refractivity contribution in [3.05, 3.63) is 71.8 Å². The Morgan fingerprint density at radius 2 is 1.05 bits per heavy atom. The largest absolute Gasteiger partial charge is 0.392 e. The van der Waals surface area contributed by atoms with Gasteiger partial charge in [-0.15, -0.1) is 0 Å². The van der Waals surface area contributed by atoms with E-state index in [-0.39, 0.29) is 0 Å². The predicted octanol–water partition coefficient (Wildman–Crippen LogP) is 3.66. The molecule has 0 fully saturated rings. The van der Waals surface area contributed by atoms with Gasteiger partial charge in [-0.3, -0.25) is 9.59 Å². The Kier molecular flexibility index (Phi) is 4.88. The molecule has 108 valence electrons. The summed E-state index contributed by atoms with van der Waals surface area (Å²) < 4.78 is 5.00. The van der Waals surface area contributed by atoms with Gasteiger partial charge in [0.2, 0.25) is 0 Å². The van der Waals surface area contributed by atoms with Crippen molar-refractivity contribution < 1.29 is 14.3 Å². The third kappa shape index (κ3) is 3.78. The third-order valence-electron chi connectivity index (χ3n) is 3.51. The van der Waals surface area contributed by atoms with Crippen molar-refractivity contribution in [1.29, 1.82) is 0 Å². The summed E-state index contributed by atoms with van der Waals surface area (Å²) in [6.45, 7) is 3.47. The summed E-state index contributed by atoms with van der Waals surface area (Å²) >= 11 is 0. The van der Waals surface area contributed by atoms with Crippen LogP contribution in [-0.2, 0) is 14.3 Å². The van der Waals surface area contributed by atoms with Crippen molar-refractivity contribution in [3.8, 4) is 0 Å². The smallest absolute Gasteiger partial charge is 0.320 e. The van der Waals surface area contributed by atoms with Crippen LogP contribution in [0.3, 0.4) is 0 Å². The van der Waals surface area contributed by atoms with Crippen molar-refractivity contribution in [2.24, 2.45) is 0 Å². The monoisotopic (exact) mass is 282 g/mol. The van der Waals surface area contributed by atoms with Crippen LogP contribution >= 0.6 is 0 Å². The molecule has 0 radical (unpaired) electrons. The first-order valence-electron chi connectivity index (χ1n) is 6.95. The molecule has 2 aromatic rings. The normalized spacial score (nSPS) is 13.2. The zero-order valence-corrected chi connectivity index (χ0v) is 12.2. The summed E-state index contributed by atoms with van der Waals surface area (Å²) in [7, 11) is 0. The second-order valence-electron chi connectivity index (χ2n) is 5.00. The van der Waals surface area contributed by atoms with Gasteiger partial charge in [0.05, 0.1) is 11.8 Å². The topological polar surface area (TPSA) is 43.4 Å². The van der Waals surface area contributed by atoms with E-state index in [1.807, 2.05) is 60.7 Å². The van der Waals surface area contributed by atoms with Crippen LogP contribution in [-0.4, -0.2) is 11.9 Å². The van der Waals surface area contributed by atoms with Crippen molar-refractivity contribution in [1.82, 2.24) is 0 Å². The molecule has 2 rings (SSSR count). The summed E-state index contributed by atoms with van der Waals surface area (Å²) in [5.41, 5.74) is 1.67. The lowest BCUT2D eigenvalue weighted by Gasteiger charge is -2.14. The van der Waals surface area contributed by atoms with E-state index in [2.05, 4.69) is 0 Å². The molecule has 0 bridgehead atoms. The van der Waals surface area contributed by atoms with Crippen LogP contribution in [0.1, 0.15) is 36.8 Å². The molecule has 0 amide bonds. The number of rotatable bonds is 4. The van der Waals surface area contributed by atoms with Gasteiger partial charge in [-0.25, -0.2) is 0 Å². The molecule has 0 saturated carbocycles. The van der Waals surface area contributed by atoms with Crippen molar-refractivity contribution in [2.75, 3.05) is 0 Å². The van der Waals surface area contributed by atoms with Gasteiger partial charge < -0.3 is 4.74 Å². The maximum atomic E-state index is 12.0.